The molecule has 1 aliphatic heterocycles. The maximum Gasteiger partial charge on any atom is 0.196 e. The summed E-state index contributed by atoms with van der Waals surface area (Å²) in [5.41, 5.74) is 8.84. The zero-order chi connectivity index (χ0) is 29.7. The largest absolute Gasteiger partial charge is 0.464 e. The molecule has 214 valence electrons. The smallest absolute Gasteiger partial charge is 0.196 e. The second kappa shape index (κ2) is 10.3. The van der Waals surface area contributed by atoms with E-state index < -0.39 is 0 Å². The van der Waals surface area contributed by atoms with Crippen molar-refractivity contribution >= 4 is 55.3 Å². The van der Waals surface area contributed by atoms with Crippen LogP contribution < -0.4 is 15.0 Å². The van der Waals surface area contributed by atoms with Gasteiger partial charge in [0.1, 0.15) is 0 Å². The zero-order valence-corrected chi connectivity index (χ0v) is 24.5. The maximum absolute atomic E-state index is 6.68. The van der Waals surface area contributed by atoms with Crippen LogP contribution in [0, 0.1) is 0 Å². The van der Waals surface area contributed by atoms with E-state index in [0.717, 1.165) is 50.5 Å². The number of benzene rings is 7. The van der Waals surface area contributed by atoms with Crippen molar-refractivity contribution in [1.82, 2.24) is 4.57 Å². The lowest BCUT2D eigenvalue weighted by Crippen LogP contribution is -2.11. The zero-order valence-electron chi connectivity index (χ0n) is 24.5. The van der Waals surface area contributed by atoms with Gasteiger partial charge in [-0.15, -0.1) is 0 Å². The molecule has 4 nitrogen and oxygen atoms in total. The maximum atomic E-state index is 6.68. The average molecular weight is 580 g/mol. The second-order valence-electron chi connectivity index (χ2n) is 11.4. The predicted molar refractivity (Wildman–Crippen MR) is 186 cm³/mol. The third-order valence-corrected chi connectivity index (χ3v) is 8.80. The number of aromatic nitrogens is 1. The first kappa shape index (κ1) is 25.5. The summed E-state index contributed by atoms with van der Waals surface area (Å²) in [6.07, 6.45) is -0.240. The fraction of sp³-hybridized carbons (Fsp3) is 0.0244. The topological polar surface area (TPSA) is 29.4 Å². The Kier molecular flexibility index (Phi) is 5.85. The van der Waals surface area contributed by atoms with Crippen molar-refractivity contribution < 1.29 is 4.74 Å². The Morgan fingerprint density at radius 1 is 0.533 bits per heavy atom. The Morgan fingerprint density at radius 2 is 1.16 bits per heavy atom. The van der Waals surface area contributed by atoms with E-state index in [1.165, 1.54) is 21.8 Å². The van der Waals surface area contributed by atoms with Crippen molar-refractivity contribution in [2.45, 2.75) is 6.23 Å². The molecule has 8 aromatic rings. The highest BCUT2D eigenvalue weighted by Crippen LogP contribution is 2.49. The average Bonchev–Trinajstić information content (AvgIpc) is 3.70. The molecule has 1 N–H and O–H groups in total. The van der Waals surface area contributed by atoms with Crippen LogP contribution in [0.1, 0.15) is 11.8 Å². The number of ether oxygens (including phenoxy) is 1. The van der Waals surface area contributed by atoms with Gasteiger partial charge in [0, 0.05) is 33.4 Å². The molecule has 1 unspecified atom stereocenters. The van der Waals surface area contributed by atoms with E-state index in [9.17, 15) is 0 Å². The minimum absolute atomic E-state index is 0.240. The van der Waals surface area contributed by atoms with Crippen LogP contribution in [0.4, 0.5) is 22.7 Å². The highest BCUT2D eigenvalue weighted by Gasteiger charge is 2.28. The summed E-state index contributed by atoms with van der Waals surface area (Å²) >= 11 is 0. The minimum Gasteiger partial charge on any atom is -0.464 e. The molecule has 45 heavy (non-hydrogen) atoms. The summed E-state index contributed by atoms with van der Waals surface area (Å²) in [5.74, 6) is 0.875. The number of nitrogens with one attached hydrogen (secondary N) is 1. The highest BCUT2D eigenvalue weighted by molar-refractivity contribution is 6.09. The first-order valence-electron chi connectivity index (χ1n) is 15.3. The van der Waals surface area contributed by atoms with Crippen LogP contribution in [0.15, 0.2) is 164 Å². The summed E-state index contributed by atoms with van der Waals surface area (Å²) in [7, 11) is 0. The van der Waals surface area contributed by atoms with Crippen LogP contribution in [-0.2, 0) is 0 Å². The van der Waals surface area contributed by atoms with Gasteiger partial charge in [-0.25, -0.2) is 0 Å². The molecule has 0 fully saturated rings. The van der Waals surface area contributed by atoms with Crippen molar-refractivity contribution in [3.05, 3.63) is 169 Å². The molecule has 0 radical (unpaired) electrons. The van der Waals surface area contributed by atoms with Gasteiger partial charge < -0.3 is 19.5 Å². The van der Waals surface area contributed by atoms with E-state index in [1.807, 2.05) is 18.2 Å². The minimum atomic E-state index is -0.240. The van der Waals surface area contributed by atoms with E-state index >= 15 is 0 Å². The molecule has 0 saturated heterocycles. The van der Waals surface area contributed by atoms with Crippen molar-refractivity contribution in [2.75, 3.05) is 10.2 Å². The van der Waals surface area contributed by atoms with Crippen LogP contribution in [0.5, 0.6) is 5.75 Å². The lowest BCUT2D eigenvalue weighted by atomic mass is 10.0. The number of hydrogen-bond acceptors (Lipinski definition) is 3. The molecule has 4 heteroatoms. The quantitative estimate of drug-likeness (QED) is 0.220. The number of para-hydroxylation sites is 3. The van der Waals surface area contributed by atoms with Crippen LogP contribution >= 0.6 is 0 Å². The van der Waals surface area contributed by atoms with Gasteiger partial charge in [0.2, 0.25) is 0 Å². The first-order valence-corrected chi connectivity index (χ1v) is 15.3. The van der Waals surface area contributed by atoms with Gasteiger partial charge in [0.25, 0.3) is 0 Å². The summed E-state index contributed by atoms with van der Waals surface area (Å²) in [5, 5.41) is 8.33. The third kappa shape index (κ3) is 4.15. The molecule has 1 aliphatic rings. The Morgan fingerprint density at radius 3 is 1.87 bits per heavy atom. The molecule has 0 saturated carbocycles. The summed E-state index contributed by atoms with van der Waals surface area (Å²) < 4.78 is 9.03. The number of nitrogens with zero attached hydrogens (tertiary/aromatic N) is 2. The van der Waals surface area contributed by atoms with Gasteiger partial charge in [-0.1, -0.05) is 103 Å². The number of rotatable bonds is 5. The van der Waals surface area contributed by atoms with Crippen LogP contribution in [-0.4, -0.2) is 4.57 Å². The molecule has 1 atom stereocenters. The van der Waals surface area contributed by atoms with Crippen molar-refractivity contribution in [3.63, 3.8) is 0 Å². The summed E-state index contributed by atoms with van der Waals surface area (Å²) in [6, 6.07) is 57.8. The molecule has 9 rings (SSSR count). The monoisotopic (exact) mass is 579 g/mol. The number of fused-ring (bicyclic) bond motifs is 6. The van der Waals surface area contributed by atoms with Crippen molar-refractivity contribution in [2.24, 2.45) is 0 Å². The summed E-state index contributed by atoms with van der Waals surface area (Å²) in [4.78, 5) is 2.33. The highest BCUT2D eigenvalue weighted by atomic mass is 16.5. The van der Waals surface area contributed by atoms with Crippen LogP contribution in [0.2, 0.25) is 0 Å². The molecule has 0 bridgehead atoms. The molecule has 0 aliphatic carbocycles. The van der Waals surface area contributed by atoms with Gasteiger partial charge in [0.05, 0.1) is 27.8 Å². The third-order valence-electron chi connectivity index (χ3n) is 8.80. The van der Waals surface area contributed by atoms with Gasteiger partial charge in [-0.05, 0) is 66.0 Å². The van der Waals surface area contributed by atoms with Crippen molar-refractivity contribution in [1.29, 1.82) is 0 Å². The molecule has 0 spiro atoms. The Balaban J connectivity index is 1.20. The van der Waals surface area contributed by atoms with Gasteiger partial charge in [-0.3, -0.25) is 0 Å². The van der Waals surface area contributed by atoms with E-state index in [4.69, 9.17) is 4.74 Å². The molecule has 0 amide bonds. The van der Waals surface area contributed by atoms with Gasteiger partial charge in [0.15, 0.2) is 12.0 Å². The molecule has 7 aromatic carbocycles. The number of anilines is 4. The van der Waals surface area contributed by atoms with Crippen molar-refractivity contribution in [3.8, 4) is 11.4 Å². The Bertz CT molecular complexity index is 2270. The Hall–Kier alpha value is -6.00. The molecule has 2 heterocycles. The van der Waals surface area contributed by atoms with Crippen LogP contribution in [0.3, 0.4) is 0 Å². The van der Waals surface area contributed by atoms with E-state index in [2.05, 4.69) is 160 Å². The predicted octanol–water partition coefficient (Wildman–Crippen LogP) is 10.9. The van der Waals surface area contributed by atoms with E-state index in [1.54, 1.807) is 0 Å². The number of hydrogen-bond donors (Lipinski definition) is 1. The lowest BCUT2D eigenvalue weighted by molar-refractivity contribution is 0.262. The standard InChI is InChI=1S/C41H29N3O/c1-3-12-29(13-4-1)41-42-35-27-22-28-14-11-21-38(39(28)40(35)45-41)43(30-15-5-2-6-16-30)31-23-25-32(26-24-31)44-36-19-9-7-17-33(36)34-18-8-10-20-37(34)44/h1-27,41-42H. The van der Waals surface area contributed by atoms with Gasteiger partial charge in [-0.2, -0.15) is 0 Å². The van der Waals surface area contributed by atoms with E-state index in [0.29, 0.717) is 0 Å². The van der Waals surface area contributed by atoms with Crippen LogP contribution in [0.25, 0.3) is 38.3 Å². The first-order chi connectivity index (χ1) is 22.3. The lowest BCUT2D eigenvalue weighted by Gasteiger charge is -2.27. The Labute approximate surface area is 261 Å². The van der Waals surface area contributed by atoms with Gasteiger partial charge >= 0.3 is 0 Å². The van der Waals surface area contributed by atoms with E-state index in [-0.39, 0.29) is 6.23 Å². The molecular formula is C41H29N3O. The second-order valence-corrected chi connectivity index (χ2v) is 11.4. The molecule has 1 aromatic heterocycles. The fourth-order valence-corrected chi connectivity index (χ4v) is 6.77. The SMILES string of the molecule is c1ccc(C2Nc3ccc4cccc(N(c5ccccc5)c5ccc(-n6c7ccccc7c7ccccc76)cc5)c4c3O2)cc1. The molecular weight excluding hydrogens is 550 g/mol. The normalized spacial score (nSPS) is 13.9. The fourth-order valence-electron chi connectivity index (χ4n) is 6.77. The summed E-state index contributed by atoms with van der Waals surface area (Å²) in [6.45, 7) is 0.